The maximum atomic E-state index is 13.2. The minimum absolute atomic E-state index is 0.0932. The molecule has 1 fully saturated rings. The highest BCUT2D eigenvalue weighted by Crippen LogP contribution is 2.32. The van der Waals surface area contributed by atoms with Crippen molar-refractivity contribution in [3.8, 4) is 17.1 Å². The van der Waals surface area contributed by atoms with Gasteiger partial charge in [0.1, 0.15) is 11.9 Å². The van der Waals surface area contributed by atoms with E-state index in [0.29, 0.717) is 54.3 Å². The molecule has 0 aliphatic carbocycles. The van der Waals surface area contributed by atoms with Gasteiger partial charge in [0, 0.05) is 25.7 Å². The van der Waals surface area contributed by atoms with E-state index in [-0.39, 0.29) is 12.6 Å². The van der Waals surface area contributed by atoms with E-state index in [1.165, 1.54) is 4.31 Å². The maximum Gasteiger partial charge on any atom is 0.243 e. The van der Waals surface area contributed by atoms with Crippen LogP contribution in [0.3, 0.4) is 0 Å². The fourth-order valence-electron chi connectivity index (χ4n) is 3.79. The molecule has 0 amide bonds. The van der Waals surface area contributed by atoms with Crippen molar-refractivity contribution in [1.82, 2.24) is 14.9 Å². The molecule has 0 atom stereocenters. The first-order valence-corrected chi connectivity index (χ1v) is 11.7. The molecule has 2 heterocycles. The number of nitrogens with zero attached hydrogens (tertiary/aromatic N) is 2. The number of ether oxygens (including phenoxy) is 1. The van der Waals surface area contributed by atoms with Crippen LogP contribution in [-0.4, -0.2) is 48.8 Å². The summed E-state index contributed by atoms with van der Waals surface area (Å²) in [6.45, 7) is 1.04. The van der Waals surface area contributed by atoms with Crippen LogP contribution in [0.4, 0.5) is 0 Å². The van der Waals surface area contributed by atoms with Gasteiger partial charge in [-0.1, -0.05) is 35.5 Å². The zero-order chi connectivity index (χ0) is 21.7. The molecule has 2 aromatic carbocycles. The average Bonchev–Trinajstić information content (AvgIpc) is 3.33. The molecular formula is C22H25N3O5S. The van der Waals surface area contributed by atoms with Gasteiger partial charge in [-0.15, -0.1) is 0 Å². The molecule has 8 nitrogen and oxygen atoms in total. The zero-order valence-corrected chi connectivity index (χ0v) is 17.8. The summed E-state index contributed by atoms with van der Waals surface area (Å²) in [5.41, 5.74) is 3.59. The molecule has 0 radical (unpaired) electrons. The molecule has 1 saturated heterocycles. The molecular weight excluding hydrogens is 418 g/mol. The molecule has 1 aromatic heterocycles. The maximum absolute atomic E-state index is 13.2. The van der Waals surface area contributed by atoms with Crippen molar-refractivity contribution in [2.45, 2.75) is 30.3 Å². The summed E-state index contributed by atoms with van der Waals surface area (Å²) in [7, 11) is -3.62. The number of benzene rings is 2. The number of nitrogens with one attached hydrogen (secondary N) is 1. The number of para-hydroxylation sites is 1. The molecule has 3 aromatic rings. The highest BCUT2D eigenvalue weighted by atomic mass is 32.2. The normalized spacial score (nSPS) is 15.8. The van der Waals surface area contributed by atoms with Crippen LogP contribution in [0.15, 0.2) is 70.2 Å². The van der Waals surface area contributed by atoms with Crippen LogP contribution < -0.4 is 10.2 Å². The quantitative estimate of drug-likeness (QED) is 0.516. The summed E-state index contributed by atoms with van der Waals surface area (Å²) in [4.78, 5) is 0.292. The number of hydrogen-bond donors (Lipinski definition) is 2. The van der Waals surface area contributed by atoms with E-state index in [4.69, 9.17) is 14.5 Å². The van der Waals surface area contributed by atoms with Gasteiger partial charge < -0.3 is 14.5 Å². The molecule has 0 spiro atoms. The smallest absolute Gasteiger partial charge is 0.243 e. The molecule has 0 bridgehead atoms. The van der Waals surface area contributed by atoms with Gasteiger partial charge in [-0.25, -0.2) is 13.9 Å². The molecule has 0 saturated carbocycles. The summed E-state index contributed by atoms with van der Waals surface area (Å²) in [5, 5.41) is 12.6. The number of rotatable bonds is 8. The van der Waals surface area contributed by atoms with Gasteiger partial charge in [0.2, 0.25) is 10.0 Å². The van der Waals surface area contributed by atoms with Crippen molar-refractivity contribution in [3.05, 3.63) is 66.4 Å². The predicted molar refractivity (Wildman–Crippen MR) is 114 cm³/mol. The Balaban J connectivity index is 1.44. The lowest BCUT2D eigenvalue weighted by Crippen LogP contribution is -2.42. The second kappa shape index (κ2) is 9.61. The number of aromatic nitrogens is 1. The molecule has 4 rings (SSSR count). The molecule has 31 heavy (non-hydrogen) atoms. The van der Waals surface area contributed by atoms with E-state index in [0.717, 1.165) is 5.56 Å². The number of sulfonamides is 1. The zero-order valence-electron chi connectivity index (χ0n) is 17.0. The fourth-order valence-corrected chi connectivity index (χ4v) is 5.51. The lowest BCUT2D eigenvalue weighted by Gasteiger charge is -2.32. The number of hydroxylamine groups is 1. The standard InChI is InChI=1S/C22H25N3O5S/c26-23-13-9-17-5-1-4-8-22(17)31(27,28)25-15-11-18(12-16-25)29-20-7-3-2-6-19(20)21-10-14-24-30-21/h1-8,10,14,18,23,26H,9,11-13,15-16H2. The topological polar surface area (TPSA) is 105 Å². The Kier molecular flexibility index (Phi) is 6.67. The minimum Gasteiger partial charge on any atom is -0.490 e. The average molecular weight is 444 g/mol. The van der Waals surface area contributed by atoms with Crippen molar-refractivity contribution >= 4 is 10.0 Å². The SMILES string of the molecule is O=S(=O)(c1ccccc1CCNO)N1CCC(Oc2ccccc2-c2ccno2)CC1. The molecule has 9 heteroatoms. The molecule has 164 valence electrons. The highest BCUT2D eigenvalue weighted by Gasteiger charge is 2.31. The summed E-state index contributed by atoms with van der Waals surface area (Å²) in [6.07, 6.45) is 3.09. The summed E-state index contributed by atoms with van der Waals surface area (Å²) < 4.78 is 39.4. The van der Waals surface area contributed by atoms with E-state index in [2.05, 4.69) is 10.6 Å². The molecule has 2 N–H and O–H groups in total. The third-order valence-electron chi connectivity index (χ3n) is 5.38. The van der Waals surface area contributed by atoms with Crippen molar-refractivity contribution in [3.63, 3.8) is 0 Å². The van der Waals surface area contributed by atoms with E-state index in [1.54, 1.807) is 36.5 Å². The molecule has 0 unspecified atom stereocenters. The van der Waals surface area contributed by atoms with Crippen LogP contribution in [0.1, 0.15) is 18.4 Å². The van der Waals surface area contributed by atoms with Gasteiger partial charge in [0.05, 0.1) is 16.7 Å². The summed E-state index contributed by atoms with van der Waals surface area (Å²) in [5.74, 6) is 1.33. The first-order chi connectivity index (χ1) is 15.1. The second-order valence-electron chi connectivity index (χ2n) is 7.36. The van der Waals surface area contributed by atoms with Crippen molar-refractivity contribution in [2.75, 3.05) is 19.6 Å². The van der Waals surface area contributed by atoms with Crippen LogP contribution >= 0.6 is 0 Å². The molecule has 1 aliphatic heterocycles. The Morgan fingerprint density at radius 3 is 2.58 bits per heavy atom. The van der Waals surface area contributed by atoms with Gasteiger partial charge >= 0.3 is 0 Å². The van der Waals surface area contributed by atoms with E-state index in [9.17, 15) is 8.42 Å². The summed E-state index contributed by atoms with van der Waals surface area (Å²) in [6, 6.07) is 16.3. The van der Waals surface area contributed by atoms with Crippen LogP contribution in [0, 0.1) is 0 Å². The first-order valence-electron chi connectivity index (χ1n) is 10.2. The van der Waals surface area contributed by atoms with Gasteiger partial charge in [-0.05, 0) is 43.0 Å². The van der Waals surface area contributed by atoms with Crippen molar-refractivity contribution in [2.24, 2.45) is 0 Å². The number of piperidine rings is 1. The Morgan fingerprint density at radius 1 is 1.10 bits per heavy atom. The van der Waals surface area contributed by atoms with Gasteiger partial charge in [0.15, 0.2) is 5.76 Å². The Hall–Kier alpha value is -2.72. The third kappa shape index (κ3) is 4.80. The Bertz CT molecular complexity index is 1090. The van der Waals surface area contributed by atoms with E-state index >= 15 is 0 Å². The minimum atomic E-state index is -3.62. The van der Waals surface area contributed by atoms with Crippen LogP contribution in [0.5, 0.6) is 5.75 Å². The van der Waals surface area contributed by atoms with Gasteiger partial charge in [-0.3, -0.25) is 0 Å². The number of hydrogen-bond acceptors (Lipinski definition) is 7. The van der Waals surface area contributed by atoms with E-state index < -0.39 is 10.0 Å². The van der Waals surface area contributed by atoms with E-state index in [1.807, 2.05) is 24.3 Å². The van der Waals surface area contributed by atoms with Gasteiger partial charge in [-0.2, -0.15) is 4.31 Å². The first kappa shape index (κ1) is 21.5. The van der Waals surface area contributed by atoms with Crippen LogP contribution in [-0.2, 0) is 16.4 Å². The Labute approximate surface area is 181 Å². The van der Waals surface area contributed by atoms with Crippen LogP contribution in [0.2, 0.25) is 0 Å². The lowest BCUT2D eigenvalue weighted by molar-refractivity contribution is 0.135. The second-order valence-corrected chi connectivity index (χ2v) is 9.27. The largest absolute Gasteiger partial charge is 0.490 e. The molecule has 1 aliphatic rings. The van der Waals surface area contributed by atoms with Crippen molar-refractivity contribution in [1.29, 1.82) is 0 Å². The fraction of sp³-hybridized carbons (Fsp3) is 0.318. The summed E-state index contributed by atoms with van der Waals surface area (Å²) >= 11 is 0. The van der Waals surface area contributed by atoms with Crippen LogP contribution in [0.25, 0.3) is 11.3 Å². The predicted octanol–water partition coefficient (Wildman–Crippen LogP) is 3.10. The van der Waals surface area contributed by atoms with Gasteiger partial charge in [0.25, 0.3) is 0 Å². The Morgan fingerprint density at radius 2 is 1.84 bits per heavy atom. The third-order valence-corrected chi connectivity index (χ3v) is 7.38. The van der Waals surface area contributed by atoms with Crippen molar-refractivity contribution < 1.29 is 22.9 Å². The highest BCUT2D eigenvalue weighted by molar-refractivity contribution is 7.89. The lowest BCUT2D eigenvalue weighted by atomic mass is 10.1. The monoisotopic (exact) mass is 443 g/mol.